The normalized spacial score (nSPS) is 26.1. The lowest BCUT2D eigenvalue weighted by Gasteiger charge is -2.42. The molecule has 0 radical (unpaired) electrons. The summed E-state index contributed by atoms with van der Waals surface area (Å²) >= 11 is 0. The highest BCUT2D eigenvalue weighted by molar-refractivity contribution is 5.81. The number of piperazine rings is 1. The van der Waals surface area contributed by atoms with Gasteiger partial charge in [-0.15, -0.1) is 0 Å². The number of nitrogens with zero attached hydrogens (tertiary/aromatic N) is 2. The van der Waals surface area contributed by atoms with Crippen LogP contribution in [0.4, 0.5) is 0 Å². The monoisotopic (exact) mass is 416 g/mol. The van der Waals surface area contributed by atoms with Crippen molar-refractivity contribution in [1.82, 2.24) is 9.80 Å². The topological polar surface area (TPSA) is 42.0 Å². The summed E-state index contributed by atoms with van der Waals surface area (Å²) in [5.74, 6) is 0.0389. The molecule has 2 saturated heterocycles. The summed E-state index contributed by atoms with van der Waals surface area (Å²) in [7, 11) is 0. The molecule has 2 fully saturated rings. The average Bonchev–Trinajstić information content (AvgIpc) is 2.85. The number of ether oxygens (including phenoxy) is 2. The number of carbonyl (C=O) groups excluding carboxylic acids is 1. The summed E-state index contributed by atoms with van der Waals surface area (Å²) in [4.78, 5) is 17.5. The highest BCUT2D eigenvalue weighted by atomic mass is 16.6. The Hall–Kier alpha value is -2.73. The minimum Gasteiger partial charge on any atom is -0.368 e. The molecule has 0 N–H and O–H groups in total. The van der Waals surface area contributed by atoms with Crippen LogP contribution in [0.3, 0.4) is 0 Å². The molecule has 31 heavy (non-hydrogen) atoms. The van der Waals surface area contributed by atoms with Crippen molar-refractivity contribution in [2.24, 2.45) is 0 Å². The van der Waals surface area contributed by atoms with E-state index >= 15 is 0 Å². The minimum absolute atomic E-state index is 0.0389. The number of rotatable bonds is 4. The van der Waals surface area contributed by atoms with Crippen LogP contribution in [0.5, 0.6) is 0 Å². The van der Waals surface area contributed by atoms with Crippen LogP contribution in [0.15, 0.2) is 85.0 Å². The first-order valence-corrected chi connectivity index (χ1v) is 11.0. The van der Waals surface area contributed by atoms with E-state index in [1.807, 2.05) is 29.2 Å². The van der Waals surface area contributed by atoms with Gasteiger partial charge in [0.05, 0.1) is 12.6 Å². The van der Waals surface area contributed by atoms with Gasteiger partial charge >= 0.3 is 0 Å². The largest absolute Gasteiger partial charge is 0.368 e. The first kappa shape index (κ1) is 20.2. The minimum atomic E-state index is -0.525. The molecule has 0 bridgehead atoms. The van der Waals surface area contributed by atoms with Gasteiger partial charge in [0.2, 0.25) is 0 Å². The zero-order valence-electron chi connectivity index (χ0n) is 17.5. The molecule has 5 heteroatoms. The fourth-order valence-corrected chi connectivity index (χ4v) is 4.69. The van der Waals surface area contributed by atoms with Gasteiger partial charge in [0.1, 0.15) is 12.2 Å². The van der Waals surface area contributed by atoms with Crippen molar-refractivity contribution in [3.63, 3.8) is 0 Å². The fourth-order valence-electron chi connectivity index (χ4n) is 4.69. The average molecular weight is 417 g/mol. The second-order valence-electron chi connectivity index (χ2n) is 8.24. The van der Waals surface area contributed by atoms with Gasteiger partial charge in [-0.25, -0.2) is 0 Å². The summed E-state index contributed by atoms with van der Waals surface area (Å²) in [6.07, 6.45) is 7.08. The van der Waals surface area contributed by atoms with Gasteiger partial charge < -0.3 is 14.4 Å². The third kappa shape index (κ3) is 4.35. The number of carbonyl (C=O) groups is 1. The second kappa shape index (κ2) is 9.18. The highest BCUT2D eigenvalue weighted by Crippen LogP contribution is 2.30. The molecule has 2 heterocycles. The molecule has 2 aliphatic heterocycles. The van der Waals surface area contributed by atoms with Gasteiger partial charge in [0.25, 0.3) is 5.91 Å². The quantitative estimate of drug-likeness (QED) is 0.768. The van der Waals surface area contributed by atoms with E-state index in [-0.39, 0.29) is 24.2 Å². The molecule has 1 amide bonds. The van der Waals surface area contributed by atoms with Gasteiger partial charge in [0, 0.05) is 26.2 Å². The Morgan fingerprint density at radius 1 is 0.806 bits per heavy atom. The lowest BCUT2D eigenvalue weighted by atomic mass is 9.96. The van der Waals surface area contributed by atoms with Crippen LogP contribution >= 0.6 is 0 Å². The van der Waals surface area contributed by atoms with Gasteiger partial charge in [-0.1, -0.05) is 85.0 Å². The molecule has 0 unspecified atom stereocenters. The SMILES string of the molecule is O=C([C@@H]1CO[C@H]2C=CC=C[C@H]2O1)N1CCN(C(c2ccccc2)c2ccccc2)CC1. The Kier molecular flexibility index (Phi) is 5.98. The van der Waals surface area contributed by atoms with Crippen molar-refractivity contribution in [2.75, 3.05) is 32.8 Å². The van der Waals surface area contributed by atoms with E-state index in [2.05, 4.69) is 65.6 Å². The molecule has 3 aliphatic rings. The van der Waals surface area contributed by atoms with Crippen LogP contribution in [0.1, 0.15) is 17.2 Å². The molecule has 0 spiro atoms. The molecule has 0 aromatic heterocycles. The molecule has 0 saturated carbocycles. The number of benzene rings is 2. The maximum absolute atomic E-state index is 13.1. The van der Waals surface area contributed by atoms with Crippen molar-refractivity contribution in [3.05, 3.63) is 96.1 Å². The van der Waals surface area contributed by atoms with Crippen LogP contribution in [-0.2, 0) is 14.3 Å². The molecule has 2 aromatic carbocycles. The number of hydrogen-bond donors (Lipinski definition) is 0. The van der Waals surface area contributed by atoms with Crippen LogP contribution in [0.2, 0.25) is 0 Å². The van der Waals surface area contributed by atoms with Gasteiger partial charge in [-0.3, -0.25) is 9.69 Å². The molecular formula is C26H28N2O3. The number of allylic oxidation sites excluding steroid dienone is 2. The summed E-state index contributed by atoms with van der Waals surface area (Å²) in [5.41, 5.74) is 2.56. The second-order valence-corrected chi connectivity index (χ2v) is 8.24. The summed E-state index contributed by atoms with van der Waals surface area (Å²) in [5, 5.41) is 0. The van der Waals surface area contributed by atoms with Gasteiger partial charge in [-0.05, 0) is 11.1 Å². The zero-order valence-corrected chi connectivity index (χ0v) is 17.5. The number of hydrogen-bond acceptors (Lipinski definition) is 4. The summed E-state index contributed by atoms with van der Waals surface area (Å²) < 4.78 is 11.9. The predicted octanol–water partition coefficient (Wildman–Crippen LogP) is 3.20. The van der Waals surface area contributed by atoms with E-state index in [0.29, 0.717) is 19.7 Å². The van der Waals surface area contributed by atoms with Crippen LogP contribution in [-0.4, -0.2) is 66.8 Å². The van der Waals surface area contributed by atoms with E-state index in [1.54, 1.807) is 0 Å². The standard InChI is InChI=1S/C26H28N2O3/c29-26(24-19-30-22-13-7-8-14-23(22)31-24)28-17-15-27(16-18-28)25(20-9-3-1-4-10-20)21-11-5-2-6-12-21/h1-14,22-25H,15-19H2/t22-,23+,24-/m0/s1. The summed E-state index contributed by atoms with van der Waals surface area (Å²) in [6, 6.07) is 21.4. The molecule has 5 rings (SSSR count). The Labute approximate surface area is 183 Å². The molecule has 2 aromatic rings. The Morgan fingerprint density at radius 3 is 2.00 bits per heavy atom. The van der Waals surface area contributed by atoms with E-state index in [0.717, 1.165) is 13.1 Å². The molecular weight excluding hydrogens is 388 g/mol. The Bertz CT molecular complexity index is 896. The third-order valence-corrected chi connectivity index (χ3v) is 6.30. The predicted molar refractivity (Wildman–Crippen MR) is 120 cm³/mol. The molecule has 3 atom stereocenters. The fraction of sp³-hybridized carbons (Fsp3) is 0.346. The maximum Gasteiger partial charge on any atom is 0.254 e. The summed E-state index contributed by atoms with van der Waals surface area (Å²) in [6.45, 7) is 3.34. The lowest BCUT2D eigenvalue weighted by Crippen LogP contribution is -2.55. The van der Waals surface area contributed by atoms with Crippen molar-refractivity contribution in [1.29, 1.82) is 0 Å². The van der Waals surface area contributed by atoms with E-state index < -0.39 is 6.10 Å². The highest BCUT2D eigenvalue weighted by Gasteiger charge is 2.37. The van der Waals surface area contributed by atoms with Crippen molar-refractivity contribution < 1.29 is 14.3 Å². The Balaban J connectivity index is 1.25. The number of amides is 1. The van der Waals surface area contributed by atoms with E-state index in [4.69, 9.17) is 9.47 Å². The van der Waals surface area contributed by atoms with Crippen LogP contribution in [0.25, 0.3) is 0 Å². The molecule has 5 nitrogen and oxygen atoms in total. The van der Waals surface area contributed by atoms with Crippen LogP contribution in [0, 0.1) is 0 Å². The van der Waals surface area contributed by atoms with Crippen molar-refractivity contribution in [2.45, 2.75) is 24.4 Å². The van der Waals surface area contributed by atoms with Crippen molar-refractivity contribution in [3.8, 4) is 0 Å². The van der Waals surface area contributed by atoms with E-state index in [1.165, 1.54) is 11.1 Å². The van der Waals surface area contributed by atoms with Gasteiger partial charge in [0.15, 0.2) is 6.10 Å². The zero-order chi connectivity index (χ0) is 21.0. The van der Waals surface area contributed by atoms with E-state index in [9.17, 15) is 4.79 Å². The number of fused-ring (bicyclic) bond motifs is 1. The van der Waals surface area contributed by atoms with Crippen molar-refractivity contribution >= 4 is 5.91 Å². The lowest BCUT2D eigenvalue weighted by molar-refractivity contribution is -0.177. The molecule has 160 valence electrons. The van der Waals surface area contributed by atoms with Gasteiger partial charge in [-0.2, -0.15) is 0 Å². The third-order valence-electron chi connectivity index (χ3n) is 6.30. The first-order chi connectivity index (χ1) is 15.3. The van der Waals surface area contributed by atoms with Crippen LogP contribution < -0.4 is 0 Å². The smallest absolute Gasteiger partial charge is 0.254 e. The maximum atomic E-state index is 13.1. The molecule has 1 aliphatic carbocycles. The Morgan fingerprint density at radius 2 is 1.39 bits per heavy atom. The first-order valence-electron chi connectivity index (χ1n) is 11.0.